The zero-order valence-corrected chi connectivity index (χ0v) is 11.4. The molecule has 3 amide bonds. The van der Waals surface area contributed by atoms with E-state index in [1.807, 2.05) is 17.4 Å². The topological polar surface area (TPSA) is 120 Å². The van der Waals surface area contributed by atoms with E-state index < -0.39 is 11.9 Å². The minimum atomic E-state index is -0.928. The summed E-state index contributed by atoms with van der Waals surface area (Å²) in [6.07, 6.45) is 1.28. The lowest BCUT2D eigenvalue weighted by atomic mass is 10.2. The number of imide groups is 1. The summed E-state index contributed by atoms with van der Waals surface area (Å²) in [5.41, 5.74) is 5.66. The van der Waals surface area contributed by atoms with E-state index in [1.165, 1.54) is 10.9 Å². The van der Waals surface area contributed by atoms with E-state index in [0.29, 0.717) is 11.1 Å². The van der Waals surface area contributed by atoms with E-state index in [1.54, 1.807) is 12.1 Å². The van der Waals surface area contributed by atoms with Crippen molar-refractivity contribution in [2.75, 3.05) is 0 Å². The van der Waals surface area contributed by atoms with Crippen LogP contribution >= 0.6 is 0 Å². The van der Waals surface area contributed by atoms with Crippen molar-refractivity contribution in [3.63, 3.8) is 0 Å². The van der Waals surface area contributed by atoms with Gasteiger partial charge in [0.2, 0.25) is 11.5 Å². The number of urea groups is 1. The fourth-order valence-electron chi connectivity index (χ4n) is 2.20. The van der Waals surface area contributed by atoms with E-state index in [0.717, 1.165) is 5.39 Å². The Morgan fingerprint density at radius 3 is 2.86 bits per heavy atom. The quantitative estimate of drug-likeness (QED) is 0.738. The molecule has 8 heteroatoms. The van der Waals surface area contributed by atoms with Gasteiger partial charge in [-0.15, -0.1) is 0 Å². The molecule has 22 heavy (non-hydrogen) atoms. The number of carbonyl (C=O) groups excluding carboxylic acids is 2. The molecule has 0 saturated carbocycles. The molecule has 2 heterocycles. The minimum Gasteiger partial charge on any atom is -0.448 e. The molecule has 3 aromatic rings. The molecule has 0 aliphatic heterocycles. The number of nitrogens with zero attached hydrogens (tertiary/aromatic N) is 2. The first-order valence-electron chi connectivity index (χ1n) is 6.52. The number of furan rings is 1. The number of fused-ring (bicyclic) bond motifs is 3. The van der Waals surface area contributed by atoms with E-state index >= 15 is 0 Å². The summed E-state index contributed by atoms with van der Waals surface area (Å²) < 4.78 is 6.78. The number of aromatic nitrogens is 2. The zero-order chi connectivity index (χ0) is 15.7. The summed E-state index contributed by atoms with van der Waals surface area (Å²) in [7, 11) is 0. The number of aryl methyl sites for hydroxylation is 1. The third-order valence-electron chi connectivity index (χ3n) is 3.19. The highest BCUT2D eigenvalue weighted by molar-refractivity contribution is 6.01. The Hall–Kier alpha value is -3.16. The molecule has 0 saturated heterocycles. The van der Waals surface area contributed by atoms with Crippen molar-refractivity contribution < 1.29 is 14.0 Å². The van der Waals surface area contributed by atoms with Gasteiger partial charge >= 0.3 is 6.03 Å². The summed E-state index contributed by atoms with van der Waals surface area (Å²) in [6.45, 7) is 0.0674. The van der Waals surface area contributed by atoms with Gasteiger partial charge < -0.3 is 10.2 Å². The number of nitrogens with two attached hydrogens (primary N) is 1. The van der Waals surface area contributed by atoms with Crippen molar-refractivity contribution in [3.8, 4) is 0 Å². The summed E-state index contributed by atoms with van der Waals surface area (Å²) in [5, 5.41) is 2.69. The van der Waals surface area contributed by atoms with E-state index in [4.69, 9.17) is 10.2 Å². The Morgan fingerprint density at radius 1 is 1.32 bits per heavy atom. The average molecular weight is 300 g/mol. The molecule has 0 spiro atoms. The summed E-state index contributed by atoms with van der Waals surface area (Å²) >= 11 is 0. The first kappa shape index (κ1) is 13.8. The van der Waals surface area contributed by atoms with Crippen LogP contribution in [0.5, 0.6) is 0 Å². The zero-order valence-electron chi connectivity index (χ0n) is 11.4. The third-order valence-corrected chi connectivity index (χ3v) is 3.19. The standard InChI is InChI=1S/C14H12N4O4/c15-14(21)17-10(19)5-6-18-7-16-11-8-3-1-2-4-9(8)22-12(11)13(18)20/h1-4,7H,5-6H2,(H3,15,17,19,21). The predicted octanol–water partition coefficient (Wildman–Crippen LogP) is 0.728. The molecule has 1 aromatic carbocycles. The number of para-hydroxylation sites is 1. The first-order valence-corrected chi connectivity index (χ1v) is 6.52. The monoisotopic (exact) mass is 300 g/mol. The molecule has 0 fully saturated rings. The number of hydrogen-bond acceptors (Lipinski definition) is 5. The lowest BCUT2D eigenvalue weighted by Gasteiger charge is -2.04. The second-order valence-electron chi connectivity index (χ2n) is 4.68. The third kappa shape index (κ3) is 2.41. The molecule has 8 nitrogen and oxygen atoms in total. The SMILES string of the molecule is NC(=O)NC(=O)CCn1cnc2c(oc3ccccc32)c1=O. The maximum atomic E-state index is 12.3. The van der Waals surface area contributed by atoms with Gasteiger partial charge in [0.05, 0.1) is 6.33 Å². The molecule has 3 N–H and O–H groups in total. The van der Waals surface area contributed by atoms with Gasteiger partial charge in [0.1, 0.15) is 11.1 Å². The molecular formula is C14H12N4O4. The fraction of sp³-hybridized carbons (Fsp3) is 0.143. The van der Waals surface area contributed by atoms with Crippen LogP contribution in [0.4, 0.5) is 4.79 Å². The van der Waals surface area contributed by atoms with Gasteiger partial charge in [0, 0.05) is 18.4 Å². The molecule has 0 atom stereocenters. The van der Waals surface area contributed by atoms with Crippen molar-refractivity contribution in [2.45, 2.75) is 13.0 Å². The number of hydrogen-bond donors (Lipinski definition) is 2. The Kier molecular flexibility index (Phi) is 3.34. The highest BCUT2D eigenvalue weighted by Gasteiger charge is 2.13. The number of carbonyl (C=O) groups is 2. The van der Waals surface area contributed by atoms with E-state index in [-0.39, 0.29) is 24.1 Å². The molecule has 0 aliphatic rings. The van der Waals surface area contributed by atoms with Gasteiger partial charge in [-0.2, -0.15) is 0 Å². The average Bonchev–Trinajstić information content (AvgIpc) is 2.85. The lowest BCUT2D eigenvalue weighted by Crippen LogP contribution is -2.36. The van der Waals surface area contributed by atoms with Crippen molar-refractivity contribution in [3.05, 3.63) is 40.9 Å². The molecule has 0 unspecified atom stereocenters. The molecule has 0 bridgehead atoms. The van der Waals surface area contributed by atoms with Crippen molar-refractivity contribution in [2.24, 2.45) is 5.73 Å². The van der Waals surface area contributed by atoms with E-state index in [9.17, 15) is 14.4 Å². The number of nitrogens with one attached hydrogen (secondary N) is 1. The van der Waals surface area contributed by atoms with E-state index in [2.05, 4.69) is 4.98 Å². The van der Waals surface area contributed by atoms with Gasteiger partial charge in [-0.25, -0.2) is 9.78 Å². The van der Waals surface area contributed by atoms with Crippen LogP contribution in [0.1, 0.15) is 6.42 Å². The molecule has 2 aromatic heterocycles. The largest absolute Gasteiger partial charge is 0.448 e. The maximum absolute atomic E-state index is 12.3. The second kappa shape index (κ2) is 5.32. The van der Waals surface area contributed by atoms with Crippen molar-refractivity contribution in [1.29, 1.82) is 0 Å². The minimum absolute atomic E-state index is 0.0674. The number of rotatable bonds is 3. The van der Waals surface area contributed by atoms with Crippen LogP contribution in [-0.2, 0) is 11.3 Å². The Morgan fingerprint density at radius 2 is 2.09 bits per heavy atom. The second-order valence-corrected chi connectivity index (χ2v) is 4.68. The molecule has 0 aliphatic carbocycles. The van der Waals surface area contributed by atoms with Crippen LogP contribution in [0.15, 0.2) is 39.8 Å². The summed E-state index contributed by atoms with van der Waals surface area (Å²) in [6, 6.07) is 6.28. The van der Waals surface area contributed by atoms with Crippen LogP contribution in [-0.4, -0.2) is 21.5 Å². The Balaban J connectivity index is 1.93. The van der Waals surface area contributed by atoms with Crippen LogP contribution < -0.4 is 16.6 Å². The molecular weight excluding hydrogens is 288 g/mol. The van der Waals surface area contributed by atoms with Gasteiger partial charge in [0.15, 0.2) is 0 Å². The van der Waals surface area contributed by atoms with Crippen LogP contribution in [0.3, 0.4) is 0 Å². The summed E-state index contributed by atoms with van der Waals surface area (Å²) in [4.78, 5) is 38.5. The fourth-order valence-corrected chi connectivity index (χ4v) is 2.20. The van der Waals surface area contributed by atoms with Crippen LogP contribution in [0, 0.1) is 0 Å². The maximum Gasteiger partial charge on any atom is 0.318 e. The van der Waals surface area contributed by atoms with Crippen LogP contribution in [0.25, 0.3) is 22.1 Å². The summed E-state index contributed by atoms with van der Waals surface area (Å²) in [5.74, 6) is -0.566. The van der Waals surface area contributed by atoms with Gasteiger partial charge in [-0.1, -0.05) is 12.1 Å². The highest BCUT2D eigenvalue weighted by Crippen LogP contribution is 2.23. The smallest absolute Gasteiger partial charge is 0.318 e. The van der Waals surface area contributed by atoms with Crippen LogP contribution in [0.2, 0.25) is 0 Å². The number of benzene rings is 1. The number of primary amides is 1. The van der Waals surface area contributed by atoms with Crippen molar-refractivity contribution in [1.82, 2.24) is 14.9 Å². The molecule has 3 rings (SSSR count). The Labute approximate surface area is 123 Å². The predicted molar refractivity (Wildman–Crippen MR) is 78.1 cm³/mol. The van der Waals surface area contributed by atoms with Gasteiger partial charge in [-0.05, 0) is 12.1 Å². The molecule has 112 valence electrons. The van der Waals surface area contributed by atoms with Crippen molar-refractivity contribution >= 4 is 34.0 Å². The number of amides is 3. The first-order chi connectivity index (χ1) is 10.6. The Bertz CT molecular complexity index is 941. The van der Waals surface area contributed by atoms with Gasteiger partial charge in [-0.3, -0.25) is 19.5 Å². The van der Waals surface area contributed by atoms with Gasteiger partial charge in [0.25, 0.3) is 5.56 Å². The highest BCUT2D eigenvalue weighted by atomic mass is 16.3. The normalized spacial score (nSPS) is 10.9. The lowest BCUT2D eigenvalue weighted by molar-refractivity contribution is -0.120. The molecule has 0 radical (unpaired) electrons.